The van der Waals surface area contributed by atoms with Gasteiger partial charge in [0.2, 0.25) is 4.77 Å². The van der Waals surface area contributed by atoms with Gasteiger partial charge in [0.25, 0.3) is 0 Å². The second kappa shape index (κ2) is 6.80. The molecule has 130 valence electrons. The molecule has 2 aromatic heterocycles. The number of aromatic nitrogens is 4. The van der Waals surface area contributed by atoms with Gasteiger partial charge in [-0.15, -0.1) is 0 Å². The van der Waals surface area contributed by atoms with Crippen LogP contribution in [0.15, 0.2) is 35.4 Å². The Kier molecular flexibility index (Phi) is 4.72. The van der Waals surface area contributed by atoms with Crippen LogP contribution in [-0.2, 0) is 0 Å². The van der Waals surface area contributed by atoms with Gasteiger partial charge in [0.1, 0.15) is 0 Å². The van der Waals surface area contributed by atoms with Crippen LogP contribution in [0.25, 0.3) is 11.4 Å². The number of nitrogens with zero attached hydrogens (tertiary/aromatic N) is 4. The van der Waals surface area contributed by atoms with E-state index in [1.165, 1.54) is 17.0 Å². The summed E-state index contributed by atoms with van der Waals surface area (Å²) in [7, 11) is 0. The molecule has 0 unspecified atom stereocenters. The average molecular weight is 353 g/mol. The fraction of sp³-hybridized carbons (Fsp3) is 0.316. The fourth-order valence-corrected chi connectivity index (χ4v) is 3.32. The van der Waals surface area contributed by atoms with E-state index < -0.39 is 0 Å². The second-order valence-corrected chi connectivity index (χ2v) is 6.95. The normalized spacial score (nSPS) is 11.8. The van der Waals surface area contributed by atoms with Crippen LogP contribution in [-0.4, -0.2) is 25.7 Å². The molecule has 0 aliphatic carbocycles. The van der Waals surface area contributed by atoms with E-state index in [9.17, 15) is 0 Å². The van der Waals surface area contributed by atoms with Gasteiger partial charge in [-0.2, -0.15) is 14.9 Å². The number of aromatic amines is 1. The molecule has 0 aliphatic heterocycles. The Morgan fingerprint density at radius 1 is 1.16 bits per heavy atom. The quantitative estimate of drug-likeness (QED) is 0.541. The van der Waals surface area contributed by atoms with Gasteiger partial charge in [-0.3, -0.25) is 0 Å². The predicted octanol–water partition coefficient (Wildman–Crippen LogP) is 4.80. The lowest BCUT2D eigenvalue weighted by Crippen LogP contribution is -2.05. The van der Waals surface area contributed by atoms with Gasteiger partial charge < -0.3 is 4.57 Å². The lowest BCUT2D eigenvalue weighted by atomic mass is 10.1. The summed E-state index contributed by atoms with van der Waals surface area (Å²) in [6.07, 6.45) is 1.85. The first-order chi connectivity index (χ1) is 11.9. The lowest BCUT2D eigenvalue weighted by molar-refractivity contribution is 0.574. The van der Waals surface area contributed by atoms with E-state index in [1.807, 2.05) is 18.3 Å². The number of rotatable bonds is 4. The van der Waals surface area contributed by atoms with E-state index in [-0.39, 0.29) is 0 Å². The lowest BCUT2D eigenvalue weighted by Gasteiger charge is -2.13. The number of benzene rings is 1. The number of hydrogen-bond acceptors (Lipinski definition) is 3. The fourth-order valence-electron chi connectivity index (χ4n) is 3.14. The van der Waals surface area contributed by atoms with Crippen molar-refractivity contribution in [1.82, 2.24) is 19.4 Å². The largest absolute Gasteiger partial charge is 0.346 e. The molecule has 0 saturated carbocycles. The molecule has 0 saturated heterocycles. The van der Waals surface area contributed by atoms with Crippen molar-refractivity contribution < 1.29 is 0 Å². The number of H-pyrrole nitrogens is 1. The maximum absolute atomic E-state index is 5.35. The Labute approximate surface area is 153 Å². The van der Waals surface area contributed by atoms with Crippen LogP contribution in [0.5, 0.6) is 0 Å². The maximum Gasteiger partial charge on any atom is 0.216 e. The minimum atomic E-state index is 0.418. The molecular weight excluding hydrogens is 330 g/mol. The summed E-state index contributed by atoms with van der Waals surface area (Å²) in [5.74, 6) is 0.707. The first kappa shape index (κ1) is 17.4. The summed E-state index contributed by atoms with van der Waals surface area (Å²) in [5, 5.41) is 11.8. The van der Waals surface area contributed by atoms with Crippen molar-refractivity contribution in [3.63, 3.8) is 0 Å². The van der Waals surface area contributed by atoms with Crippen LogP contribution < -0.4 is 0 Å². The monoisotopic (exact) mass is 353 g/mol. The molecule has 0 bridgehead atoms. The van der Waals surface area contributed by atoms with Gasteiger partial charge in [0.05, 0.1) is 6.21 Å². The molecule has 1 aromatic carbocycles. The topological polar surface area (TPSA) is 50.9 Å². The molecule has 0 aliphatic rings. The molecule has 25 heavy (non-hydrogen) atoms. The Morgan fingerprint density at radius 2 is 1.84 bits per heavy atom. The number of aryl methyl sites for hydroxylation is 2. The van der Waals surface area contributed by atoms with Crippen LogP contribution in [0.3, 0.4) is 0 Å². The smallest absolute Gasteiger partial charge is 0.216 e. The third kappa shape index (κ3) is 3.35. The summed E-state index contributed by atoms with van der Waals surface area (Å²) in [6.45, 7) is 10.7. The molecule has 0 radical (unpaired) electrons. The van der Waals surface area contributed by atoms with Gasteiger partial charge in [-0.05, 0) is 52.9 Å². The van der Waals surface area contributed by atoms with Crippen LogP contribution in [0.2, 0.25) is 0 Å². The molecular formula is C19H23N5S. The summed E-state index contributed by atoms with van der Waals surface area (Å²) >= 11 is 5.35. The summed E-state index contributed by atoms with van der Waals surface area (Å²) in [4.78, 5) is 0. The zero-order chi connectivity index (χ0) is 18.1. The molecule has 0 spiro atoms. The van der Waals surface area contributed by atoms with Crippen LogP contribution >= 0.6 is 12.2 Å². The molecule has 5 nitrogen and oxygen atoms in total. The standard InChI is InChI=1S/C19H23N5S/c1-12(2)23-14(4)10-17(15(23)5)11-20-24-18(21-22-19(24)25)16-8-6-13(3)7-9-16/h6-12H,1-5H3,(H,22,25)/b20-11-. The highest BCUT2D eigenvalue weighted by molar-refractivity contribution is 7.71. The van der Waals surface area contributed by atoms with E-state index >= 15 is 0 Å². The van der Waals surface area contributed by atoms with E-state index in [2.05, 4.69) is 72.7 Å². The Balaban J connectivity index is 2.01. The molecule has 0 amide bonds. The SMILES string of the molecule is Cc1ccc(-c2n[nH]c(=S)n2/N=C\c2cc(C)n(C(C)C)c2C)cc1. The number of nitrogens with one attached hydrogen (secondary N) is 1. The predicted molar refractivity (Wildman–Crippen MR) is 105 cm³/mol. The molecule has 3 aromatic rings. The van der Waals surface area contributed by atoms with Crippen molar-refractivity contribution in [3.8, 4) is 11.4 Å². The van der Waals surface area contributed by atoms with Crippen molar-refractivity contribution >= 4 is 18.4 Å². The van der Waals surface area contributed by atoms with Gasteiger partial charge in [0.15, 0.2) is 5.82 Å². The van der Waals surface area contributed by atoms with E-state index in [0.29, 0.717) is 16.6 Å². The zero-order valence-corrected chi connectivity index (χ0v) is 16.1. The molecule has 0 atom stereocenters. The second-order valence-electron chi connectivity index (χ2n) is 6.56. The van der Waals surface area contributed by atoms with Crippen molar-refractivity contribution in [2.24, 2.45) is 5.10 Å². The van der Waals surface area contributed by atoms with E-state index in [1.54, 1.807) is 4.68 Å². The molecule has 2 heterocycles. The maximum atomic E-state index is 5.35. The highest BCUT2D eigenvalue weighted by Crippen LogP contribution is 2.20. The van der Waals surface area contributed by atoms with Gasteiger partial charge in [0, 0.05) is 28.6 Å². The minimum Gasteiger partial charge on any atom is -0.346 e. The zero-order valence-electron chi connectivity index (χ0n) is 15.2. The third-order valence-corrected chi connectivity index (χ3v) is 4.58. The van der Waals surface area contributed by atoms with Gasteiger partial charge in [-0.1, -0.05) is 29.8 Å². The van der Waals surface area contributed by atoms with Gasteiger partial charge in [-0.25, -0.2) is 5.10 Å². The van der Waals surface area contributed by atoms with Crippen molar-refractivity contribution in [1.29, 1.82) is 0 Å². The highest BCUT2D eigenvalue weighted by atomic mass is 32.1. The molecule has 0 fully saturated rings. The van der Waals surface area contributed by atoms with Gasteiger partial charge >= 0.3 is 0 Å². The number of hydrogen-bond donors (Lipinski definition) is 1. The Morgan fingerprint density at radius 3 is 2.44 bits per heavy atom. The first-order valence-electron chi connectivity index (χ1n) is 8.35. The molecule has 3 rings (SSSR count). The molecule has 1 N–H and O–H groups in total. The summed E-state index contributed by atoms with van der Waals surface area (Å²) < 4.78 is 4.45. The Bertz CT molecular complexity index is 970. The Hall–Kier alpha value is -2.47. The van der Waals surface area contributed by atoms with E-state index in [0.717, 1.165) is 11.1 Å². The third-order valence-electron chi connectivity index (χ3n) is 4.31. The summed E-state index contributed by atoms with van der Waals surface area (Å²) in [6, 6.07) is 10.7. The summed E-state index contributed by atoms with van der Waals surface area (Å²) in [5.41, 5.74) is 5.69. The van der Waals surface area contributed by atoms with Crippen molar-refractivity contribution in [3.05, 3.63) is 57.6 Å². The highest BCUT2D eigenvalue weighted by Gasteiger charge is 2.11. The average Bonchev–Trinajstić information content (AvgIpc) is 3.06. The van der Waals surface area contributed by atoms with Crippen LogP contribution in [0, 0.1) is 25.5 Å². The first-order valence-corrected chi connectivity index (χ1v) is 8.76. The van der Waals surface area contributed by atoms with Crippen LogP contribution in [0.1, 0.15) is 42.4 Å². The molecule has 6 heteroatoms. The van der Waals surface area contributed by atoms with Crippen molar-refractivity contribution in [2.45, 2.75) is 40.7 Å². The van der Waals surface area contributed by atoms with E-state index in [4.69, 9.17) is 12.2 Å². The minimum absolute atomic E-state index is 0.418. The van der Waals surface area contributed by atoms with Crippen LogP contribution in [0.4, 0.5) is 0 Å². The van der Waals surface area contributed by atoms with Crippen molar-refractivity contribution in [2.75, 3.05) is 0 Å².